The lowest BCUT2D eigenvalue weighted by Gasteiger charge is -2.30. The van der Waals surface area contributed by atoms with E-state index in [-0.39, 0.29) is 12.1 Å². The molecule has 0 aliphatic rings. The maximum Gasteiger partial charge on any atom is 0.322 e. The molecule has 2 aromatic carbocycles. The van der Waals surface area contributed by atoms with Crippen LogP contribution in [0.5, 0.6) is 0 Å². The molecule has 0 aliphatic carbocycles. The Morgan fingerprint density at radius 3 is 2.43 bits per heavy atom. The fourth-order valence-corrected chi connectivity index (χ4v) is 3.77. The summed E-state index contributed by atoms with van der Waals surface area (Å²) >= 11 is 6.35. The van der Waals surface area contributed by atoms with Gasteiger partial charge in [0.1, 0.15) is 0 Å². The molecule has 0 aliphatic heterocycles. The van der Waals surface area contributed by atoms with Gasteiger partial charge in [0, 0.05) is 35.2 Å². The second kappa shape index (κ2) is 9.86. The van der Waals surface area contributed by atoms with Crippen LogP contribution in [-0.4, -0.2) is 21.5 Å². The molecule has 0 unspecified atom stereocenters. The minimum absolute atomic E-state index is 0.0766. The Hall–Kier alpha value is -2.72. The van der Waals surface area contributed by atoms with Crippen LogP contribution < -0.4 is 5.32 Å². The first-order chi connectivity index (χ1) is 14.4. The molecule has 1 aromatic heterocycles. The predicted octanol–water partition coefficient (Wildman–Crippen LogP) is 6.64. The van der Waals surface area contributed by atoms with Crippen molar-refractivity contribution in [2.75, 3.05) is 5.32 Å². The fourth-order valence-electron chi connectivity index (χ4n) is 3.57. The van der Waals surface area contributed by atoms with E-state index < -0.39 is 0 Å². The first-order valence-corrected chi connectivity index (χ1v) is 10.8. The molecule has 0 saturated heterocycles. The zero-order valence-electron chi connectivity index (χ0n) is 18.2. The fraction of sp³-hybridized carbons (Fsp3) is 0.320. The van der Waals surface area contributed by atoms with Gasteiger partial charge in [-0.05, 0) is 62.1 Å². The molecule has 1 atom stereocenters. The lowest BCUT2D eigenvalue weighted by Crippen LogP contribution is -2.41. The van der Waals surface area contributed by atoms with Gasteiger partial charge >= 0.3 is 6.03 Å². The normalized spacial score (nSPS) is 11.9. The monoisotopic (exact) mass is 423 g/mol. The standard InChI is InChI=1S/C25H30ClN3O/c1-5-20(4)29(25(30)27-24-18(2)10-8-11-19(24)3)17-22-13-9-15-28(22)16-21-12-6-7-14-23(21)26/h6-15,20H,5,16-17H2,1-4H3,(H,27,30)/t20-/m1/s1. The van der Waals surface area contributed by atoms with Crippen molar-refractivity contribution in [2.45, 2.75) is 53.2 Å². The predicted molar refractivity (Wildman–Crippen MR) is 125 cm³/mol. The number of hydrogen-bond donors (Lipinski definition) is 1. The van der Waals surface area contributed by atoms with Crippen molar-refractivity contribution < 1.29 is 4.79 Å². The van der Waals surface area contributed by atoms with Crippen LogP contribution in [0.15, 0.2) is 60.8 Å². The Labute approximate surface area is 184 Å². The van der Waals surface area contributed by atoms with Crippen LogP contribution in [0.25, 0.3) is 0 Å². The third-order valence-electron chi connectivity index (χ3n) is 5.65. The summed E-state index contributed by atoms with van der Waals surface area (Å²) in [5.41, 5.74) is 5.16. The number of carbonyl (C=O) groups is 1. The summed E-state index contributed by atoms with van der Waals surface area (Å²) in [5.74, 6) is 0. The van der Waals surface area contributed by atoms with E-state index in [1.165, 1.54) is 0 Å². The summed E-state index contributed by atoms with van der Waals surface area (Å²) in [5, 5.41) is 3.89. The highest BCUT2D eigenvalue weighted by Gasteiger charge is 2.22. The van der Waals surface area contributed by atoms with E-state index in [1.54, 1.807) is 0 Å². The van der Waals surface area contributed by atoms with Gasteiger partial charge in [-0.2, -0.15) is 0 Å². The van der Waals surface area contributed by atoms with Gasteiger partial charge in [-0.25, -0.2) is 4.79 Å². The third-order valence-corrected chi connectivity index (χ3v) is 6.02. The van der Waals surface area contributed by atoms with Crippen molar-refractivity contribution in [1.82, 2.24) is 9.47 Å². The van der Waals surface area contributed by atoms with E-state index in [0.717, 1.165) is 39.5 Å². The highest BCUT2D eigenvalue weighted by Crippen LogP contribution is 2.22. The molecule has 0 fully saturated rings. The Morgan fingerprint density at radius 1 is 1.07 bits per heavy atom. The van der Waals surface area contributed by atoms with Gasteiger partial charge in [-0.15, -0.1) is 0 Å². The average molecular weight is 424 g/mol. The van der Waals surface area contributed by atoms with Crippen molar-refractivity contribution in [2.24, 2.45) is 0 Å². The number of anilines is 1. The van der Waals surface area contributed by atoms with Crippen LogP contribution in [0.3, 0.4) is 0 Å². The molecular weight excluding hydrogens is 394 g/mol. The minimum atomic E-state index is -0.0766. The summed E-state index contributed by atoms with van der Waals surface area (Å²) in [4.78, 5) is 15.2. The van der Waals surface area contributed by atoms with Crippen molar-refractivity contribution in [3.63, 3.8) is 0 Å². The third kappa shape index (κ3) is 5.06. The van der Waals surface area contributed by atoms with Gasteiger partial charge in [0.15, 0.2) is 0 Å². The van der Waals surface area contributed by atoms with E-state index in [9.17, 15) is 4.79 Å². The summed E-state index contributed by atoms with van der Waals surface area (Å²) in [7, 11) is 0. The van der Waals surface area contributed by atoms with E-state index in [0.29, 0.717) is 13.1 Å². The van der Waals surface area contributed by atoms with E-state index in [4.69, 9.17) is 11.6 Å². The van der Waals surface area contributed by atoms with E-state index in [1.807, 2.05) is 73.5 Å². The maximum absolute atomic E-state index is 13.3. The molecule has 158 valence electrons. The molecule has 1 N–H and O–H groups in total. The number of hydrogen-bond acceptors (Lipinski definition) is 1. The quantitative estimate of drug-likeness (QED) is 0.454. The van der Waals surface area contributed by atoms with Crippen LogP contribution in [0.4, 0.5) is 10.5 Å². The lowest BCUT2D eigenvalue weighted by atomic mass is 10.1. The number of aryl methyl sites for hydroxylation is 2. The van der Waals surface area contributed by atoms with Crippen LogP contribution >= 0.6 is 11.6 Å². The Kier molecular flexibility index (Phi) is 7.22. The molecule has 1 heterocycles. The van der Waals surface area contributed by atoms with Gasteiger partial charge in [0.25, 0.3) is 0 Å². The first kappa shape index (κ1) is 22.0. The van der Waals surface area contributed by atoms with Gasteiger partial charge < -0.3 is 14.8 Å². The van der Waals surface area contributed by atoms with Gasteiger partial charge in [-0.3, -0.25) is 0 Å². The highest BCUT2D eigenvalue weighted by atomic mass is 35.5. The van der Waals surface area contributed by atoms with Crippen LogP contribution in [0, 0.1) is 13.8 Å². The number of para-hydroxylation sites is 1. The highest BCUT2D eigenvalue weighted by molar-refractivity contribution is 6.31. The second-order valence-corrected chi connectivity index (χ2v) is 8.21. The number of rotatable bonds is 7. The summed E-state index contributed by atoms with van der Waals surface area (Å²) in [6.07, 6.45) is 2.92. The zero-order valence-corrected chi connectivity index (χ0v) is 18.9. The topological polar surface area (TPSA) is 37.3 Å². The Bertz CT molecular complexity index is 991. The summed E-state index contributed by atoms with van der Waals surface area (Å²) in [6.45, 7) is 9.44. The first-order valence-electron chi connectivity index (χ1n) is 10.4. The number of halogens is 1. The number of aromatic nitrogens is 1. The van der Waals surface area contributed by atoms with Crippen molar-refractivity contribution >= 4 is 23.3 Å². The molecule has 4 nitrogen and oxygen atoms in total. The minimum Gasteiger partial charge on any atom is -0.345 e. The zero-order chi connectivity index (χ0) is 21.7. The number of amides is 2. The number of nitrogens with zero attached hydrogens (tertiary/aromatic N) is 2. The number of urea groups is 1. The number of nitrogens with one attached hydrogen (secondary N) is 1. The van der Waals surface area contributed by atoms with Gasteiger partial charge in [0.2, 0.25) is 0 Å². The Balaban J connectivity index is 1.82. The summed E-state index contributed by atoms with van der Waals surface area (Å²) < 4.78 is 2.16. The number of benzene rings is 2. The average Bonchev–Trinajstić information content (AvgIpc) is 3.16. The Morgan fingerprint density at radius 2 is 1.77 bits per heavy atom. The van der Waals surface area contributed by atoms with E-state index >= 15 is 0 Å². The molecule has 3 rings (SSSR count). The van der Waals surface area contributed by atoms with Gasteiger partial charge in [-0.1, -0.05) is 54.9 Å². The smallest absolute Gasteiger partial charge is 0.322 e. The molecule has 0 saturated carbocycles. The summed E-state index contributed by atoms with van der Waals surface area (Å²) in [6, 6.07) is 18.0. The SMILES string of the molecule is CC[C@@H](C)N(Cc1cccn1Cc1ccccc1Cl)C(=O)Nc1c(C)cccc1C. The molecule has 0 bridgehead atoms. The molecular formula is C25H30ClN3O. The van der Waals surface area contributed by atoms with Crippen molar-refractivity contribution in [1.29, 1.82) is 0 Å². The van der Waals surface area contributed by atoms with Crippen LogP contribution in [0.1, 0.15) is 42.7 Å². The second-order valence-electron chi connectivity index (χ2n) is 7.80. The molecule has 2 amide bonds. The molecule has 5 heteroatoms. The largest absolute Gasteiger partial charge is 0.345 e. The van der Waals surface area contributed by atoms with Crippen LogP contribution in [0.2, 0.25) is 5.02 Å². The molecule has 3 aromatic rings. The molecule has 0 spiro atoms. The molecule has 30 heavy (non-hydrogen) atoms. The van der Waals surface area contributed by atoms with Crippen LogP contribution in [-0.2, 0) is 13.1 Å². The van der Waals surface area contributed by atoms with Crippen molar-refractivity contribution in [3.05, 3.63) is 88.2 Å². The van der Waals surface area contributed by atoms with E-state index in [2.05, 4.69) is 29.8 Å². The van der Waals surface area contributed by atoms with Crippen molar-refractivity contribution in [3.8, 4) is 0 Å². The van der Waals surface area contributed by atoms with Gasteiger partial charge in [0.05, 0.1) is 6.54 Å². The molecule has 0 radical (unpaired) electrons. The number of carbonyl (C=O) groups excluding carboxylic acids is 1. The maximum atomic E-state index is 13.3. The lowest BCUT2D eigenvalue weighted by molar-refractivity contribution is 0.185.